The standard InChI is InChI=1S/C26H33N3O4/c1-26(2,3)33-25(30)29-19-5-6-20(29)14-23(13-19)31-21-7-9-22(10-8-21)32-24-11-4-17(15-27)12-18(24)16-28/h4,11-12,19-23H,5-10,13-14H2,1-3H3/t19-,20+,21?,22?,23?. The largest absolute Gasteiger partial charge is 0.489 e. The fourth-order valence-electron chi connectivity index (χ4n) is 5.38. The number of hydrogen-bond donors (Lipinski definition) is 0. The number of nitrogens with zero attached hydrogens (tertiary/aromatic N) is 3. The molecule has 1 saturated carbocycles. The quantitative estimate of drug-likeness (QED) is 0.634. The maximum absolute atomic E-state index is 12.7. The third kappa shape index (κ3) is 5.60. The zero-order valence-corrected chi connectivity index (χ0v) is 19.8. The molecule has 2 aliphatic heterocycles. The molecule has 3 aliphatic rings. The second-order valence-corrected chi connectivity index (χ2v) is 10.5. The van der Waals surface area contributed by atoms with Crippen LogP contribution in [0.5, 0.6) is 5.75 Å². The first-order valence-electron chi connectivity index (χ1n) is 12.0. The summed E-state index contributed by atoms with van der Waals surface area (Å²) in [7, 11) is 0. The number of ether oxygens (including phenoxy) is 3. The van der Waals surface area contributed by atoms with Gasteiger partial charge in [0.2, 0.25) is 0 Å². The van der Waals surface area contributed by atoms with Gasteiger partial charge in [0.25, 0.3) is 0 Å². The Bertz CT molecular complexity index is 936. The molecule has 3 atom stereocenters. The molecule has 33 heavy (non-hydrogen) atoms. The molecule has 0 spiro atoms. The van der Waals surface area contributed by atoms with Crippen LogP contribution in [0.25, 0.3) is 0 Å². The second-order valence-electron chi connectivity index (χ2n) is 10.5. The highest BCUT2D eigenvalue weighted by Gasteiger charge is 2.45. The number of carbonyl (C=O) groups is 1. The van der Waals surface area contributed by atoms with Gasteiger partial charge in [0.05, 0.1) is 35.5 Å². The van der Waals surface area contributed by atoms with Gasteiger partial charge in [-0.1, -0.05) is 0 Å². The summed E-state index contributed by atoms with van der Waals surface area (Å²) in [6.45, 7) is 5.72. The SMILES string of the molecule is CC(C)(C)OC(=O)N1[C@@H]2CC[C@H]1CC(OC1CCC(Oc3ccc(C#N)cc3C#N)CC1)C2. The van der Waals surface area contributed by atoms with Crippen molar-refractivity contribution >= 4 is 6.09 Å². The second kappa shape index (κ2) is 9.61. The van der Waals surface area contributed by atoms with Gasteiger partial charge in [0.1, 0.15) is 17.4 Å². The molecule has 1 amide bonds. The van der Waals surface area contributed by atoms with E-state index in [0.717, 1.165) is 51.4 Å². The predicted molar refractivity (Wildman–Crippen MR) is 122 cm³/mol. The van der Waals surface area contributed by atoms with Gasteiger partial charge in [0.15, 0.2) is 0 Å². The first kappa shape index (κ1) is 23.4. The summed E-state index contributed by atoms with van der Waals surface area (Å²) in [4.78, 5) is 14.6. The van der Waals surface area contributed by atoms with Gasteiger partial charge in [-0.2, -0.15) is 10.5 Å². The van der Waals surface area contributed by atoms with Crippen molar-refractivity contribution < 1.29 is 19.0 Å². The number of nitriles is 2. The summed E-state index contributed by atoms with van der Waals surface area (Å²) >= 11 is 0. The van der Waals surface area contributed by atoms with Crippen molar-refractivity contribution in [2.75, 3.05) is 0 Å². The number of benzene rings is 1. The lowest BCUT2D eigenvalue weighted by Crippen LogP contribution is -2.50. The lowest BCUT2D eigenvalue weighted by molar-refractivity contribution is -0.0812. The molecular formula is C26H33N3O4. The van der Waals surface area contributed by atoms with Crippen molar-refractivity contribution in [2.24, 2.45) is 0 Å². The molecule has 7 nitrogen and oxygen atoms in total. The minimum Gasteiger partial charge on any atom is -0.489 e. The van der Waals surface area contributed by atoms with Gasteiger partial charge >= 0.3 is 6.09 Å². The van der Waals surface area contributed by atoms with Crippen LogP contribution in [0.15, 0.2) is 18.2 Å². The van der Waals surface area contributed by atoms with Crippen molar-refractivity contribution in [2.45, 2.75) is 108 Å². The zero-order chi connectivity index (χ0) is 23.6. The molecule has 2 saturated heterocycles. The molecule has 1 aromatic carbocycles. The van der Waals surface area contributed by atoms with Crippen LogP contribution in [-0.4, -0.2) is 47.0 Å². The topological polar surface area (TPSA) is 95.6 Å². The van der Waals surface area contributed by atoms with Crippen molar-refractivity contribution in [3.05, 3.63) is 29.3 Å². The van der Waals surface area contributed by atoms with Crippen molar-refractivity contribution in [3.8, 4) is 17.9 Å². The van der Waals surface area contributed by atoms with E-state index in [9.17, 15) is 10.1 Å². The fraction of sp³-hybridized carbons (Fsp3) is 0.654. The first-order chi connectivity index (χ1) is 15.8. The summed E-state index contributed by atoms with van der Waals surface area (Å²) in [5.41, 5.74) is 0.387. The van der Waals surface area contributed by atoms with Gasteiger partial charge in [-0.25, -0.2) is 4.79 Å². The van der Waals surface area contributed by atoms with E-state index in [1.807, 2.05) is 25.7 Å². The van der Waals surface area contributed by atoms with Crippen LogP contribution in [0.2, 0.25) is 0 Å². The molecule has 0 radical (unpaired) electrons. The van der Waals surface area contributed by atoms with Crippen LogP contribution in [-0.2, 0) is 9.47 Å². The van der Waals surface area contributed by atoms with Gasteiger partial charge in [-0.15, -0.1) is 0 Å². The number of amides is 1. The number of fused-ring (bicyclic) bond motifs is 2. The third-order valence-electron chi connectivity index (χ3n) is 6.82. The van der Waals surface area contributed by atoms with Crippen LogP contribution < -0.4 is 4.74 Å². The average molecular weight is 452 g/mol. The number of hydrogen-bond acceptors (Lipinski definition) is 6. The van der Waals surface area contributed by atoms with Gasteiger partial charge < -0.3 is 19.1 Å². The van der Waals surface area contributed by atoms with E-state index in [4.69, 9.17) is 19.5 Å². The monoisotopic (exact) mass is 451 g/mol. The van der Waals surface area contributed by atoms with E-state index in [-0.39, 0.29) is 36.5 Å². The van der Waals surface area contributed by atoms with Crippen molar-refractivity contribution in [1.29, 1.82) is 10.5 Å². The average Bonchev–Trinajstić information content (AvgIpc) is 3.05. The Balaban J connectivity index is 1.26. The molecule has 1 aromatic rings. The minimum atomic E-state index is -0.476. The highest BCUT2D eigenvalue weighted by atomic mass is 16.6. The Labute approximate surface area is 196 Å². The smallest absolute Gasteiger partial charge is 0.410 e. The van der Waals surface area contributed by atoms with E-state index < -0.39 is 5.60 Å². The van der Waals surface area contributed by atoms with Crippen LogP contribution in [0.3, 0.4) is 0 Å². The minimum absolute atomic E-state index is 0.0510. The van der Waals surface area contributed by atoms with Crippen molar-refractivity contribution in [1.82, 2.24) is 4.90 Å². The third-order valence-corrected chi connectivity index (χ3v) is 6.82. The molecule has 176 valence electrons. The highest BCUT2D eigenvalue weighted by molar-refractivity contribution is 5.69. The van der Waals surface area contributed by atoms with Crippen LogP contribution in [0.4, 0.5) is 4.79 Å². The molecule has 3 fully saturated rings. The molecule has 1 aliphatic carbocycles. The summed E-state index contributed by atoms with van der Waals surface area (Å²) in [6, 6.07) is 9.57. The maximum atomic E-state index is 12.7. The number of piperidine rings is 1. The Morgan fingerprint density at radius 3 is 2.15 bits per heavy atom. The van der Waals surface area contributed by atoms with Gasteiger partial charge in [0, 0.05) is 12.1 Å². The van der Waals surface area contributed by atoms with Gasteiger partial charge in [-0.3, -0.25) is 0 Å². The Kier molecular flexibility index (Phi) is 6.81. The van der Waals surface area contributed by atoms with Crippen LogP contribution in [0.1, 0.15) is 83.3 Å². The summed E-state index contributed by atoms with van der Waals surface area (Å²) in [5.74, 6) is 0.548. The van der Waals surface area contributed by atoms with E-state index in [0.29, 0.717) is 16.9 Å². The molecule has 0 aromatic heterocycles. The molecule has 1 unspecified atom stereocenters. The van der Waals surface area contributed by atoms with E-state index in [1.54, 1.807) is 18.2 Å². The fourth-order valence-corrected chi connectivity index (χ4v) is 5.38. The maximum Gasteiger partial charge on any atom is 0.410 e. The normalized spacial score (nSPS) is 29.1. The molecule has 2 bridgehead atoms. The molecule has 0 N–H and O–H groups in total. The van der Waals surface area contributed by atoms with Gasteiger partial charge in [-0.05, 0) is 90.3 Å². The Hall–Kier alpha value is -2.77. The summed E-state index contributed by atoms with van der Waals surface area (Å²) in [5, 5.41) is 18.4. The Morgan fingerprint density at radius 1 is 0.939 bits per heavy atom. The van der Waals surface area contributed by atoms with Crippen LogP contribution in [0, 0.1) is 22.7 Å². The van der Waals surface area contributed by atoms with Crippen molar-refractivity contribution in [3.63, 3.8) is 0 Å². The first-order valence-corrected chi connectivity index (χ1v) is 12.0. The molecule has 4 rings (SSSR count). The van der Waals surface area contributed by atoms with Crippen LogP contribution >= 0.6 is 0 Å². The van der Waals surface area contributed by atoms with E-state index in [2.05, 4.69) is 12.1 Å². The van der Waals surface area contributed by atoms with E-state index >= 15 is 0 Å². The summed E-state index contributed by atoms with van der Waals surface area (Å²) in [6.07, 6.45) is 7.65. The molecule has 7 heteroatoms. The van der Waals surface area contributed by atoms with E-state index in [1.165, 1.54) is 0 Å². The highest BCUT2D eigenvalue weighted by Crippen LogP contribution is 2.39. The zero-order valence-electron chi connectivity index (χ0n) is 19.8. The molecular weight excluding hydrogens is 418 g/mol. The molecule has 2 heterocycles. The lowest BCUT2D eigenvalue weighted by Gasteiger charge is -2.41. The Morgan fingerprint density at radius 2 is 1.58 bits per heavy atom. The number of rotatable bonds is 4. The summed E-state index contributed by atoms with van der Waals surface area (Å²) < 4.78 is 18.2. The number of carbonyl (C=O) groups excluding carboxylic acids is 1. The predicted octanol–water partition coefficient (Wildman–Crippen LogP) is 5.07. The lowest BCUT2D eigenvalue weighted by atomic mass is 9.93.